The van der Waals surface area contributed by atoms with Gasteiger partial charge in [-0.15, -0.1) is 0 Å². The van der Waals surface area contributed by atoms with Crippen LogP contribution in [0.5, 0.6) is 0 Å². The Morgan fingerprint density at radius 3 is 2.44 bits per heavy atom. The molecule has 0 saturated carbocycles. The lowest BCUT2D eigenvalue weighted by Crippen LogP contribution is -1.96. The van der Waals surface area contributed by atoms with E-state index in [4.69, 9.17) is 0 Å². The molecule has 1 nitrogen and oxygen atoms in total. The minimum Gasteiger partial charge on any atom is -0.344 e. The van der Waals surface area contributed by atoms with Crippen molar-refractivity contribution in [1.82, 2.24) is 4.57 Å². The van der Waals surface area contributed by atoms with Crippen LogP contribution in [0.15, 0.2) is 18.7 Å². The van der Waals surface area contributed by atoms with Gasteiger partial charge in [-0.05, 0) is 49.6 Å². The lowest BCUT2D eigenvalue weighted by atomic mass is 10.1. The molecule has 0 atom stereocenters. The van der Waals surface area contributed by atoms with Crippen molar-refractivity contribution in [3.05, 3.63) is 41.3 Å². The molecular formula is C14H16FN. The minimum absolute atomic E-state index is 0.135. The molecule has 0 fully saturated rings. The van der Waals surface area contributed by atoms with E-state index in [1.54, 1.807) is 6.07 Å². The van der Waals surface area contributed by atoms with Crippen LogP contribution >= 0.6 is 0 Å². The number of allylic oxidation sites excluding steroid dienone is 1. The van der Waals surface area contributed by atoms with Crippen LogP contribution in [0.2, 0.25) is 0 Å². The summed E-state index contributed by atoms with van der Waals surface area (Å²) in [7, 11) is 2.00. The quantitative estimate of drug-likeness (QED) is 0.681. The van der Waals surface area contributed by atoms with Crippen LogP contribution in [0.1, 0.15) is 23.7 Å². The first-order valence-corrected chi connectivity index (χ1v) is 5.34. The van der Waals surface area contributed by atoms with Crippen molar-refractivity contribution >= 4 is 16.5 Å². The van der Waals surface area contributed by atoms with Crippen molar-refractivity contribution in [2.24, 2.45) is 7.05 Å². The van der Waals surface area contributed by atoms with Crippen molar-refractivity contribution in [3.8, 4) is 0 Å². The van der Waals surface area contributed by atoms with E-state index >= 15 is 0 Å². The van der Waals surface area contributed by atoms with Crippen molar-refractivity contribution in [2.75, 3.05) is 0 Å². The molecule has 0 radical (unpaired) electrons. The van der Waals surface area contributed by atoms with Gasteiger partial charge in [-0.1, -0.05) is 6.58 Å². The largest absolute Gasteiger partial charge is 0.344 e. The summed E-state index contributed by atoms with van der Waals surface area (Å²) in [5.74, 6) is -0.135. The van der Waals surface area contributed by atoms with Crippen LogP contribution < -0.4 is 0 Å². The number of hydrogen-bond donors (Lipinski definition) is 0. The average Bonchev–Trinajstić information content (AvgIpc) is 2.52. The normalized spacial score (nSPS) is 11.1. The van der Waals surface area contributed by atoms with Crippen LogP contribution in [0.4, 0.5) is 4.39 Å². The molecule has 2 heteroatoms. The third kappa shape index (κ3) is 1.37. The zero-order valence-electron chi connectivity index (χ0n) is 10.2. The molecule has 0 unspecified atom stereocenters. The fourth-order valence-electron chi connectivity index (χ4n) is 2.22. The molecule has 0 saturated heterocycles. The number of fused-ring (bicyclic) bond motifs is 1. The van der Waals surface area contributed by atoms with E-state index in [1.165, 1.54) is 0 Å². The molecule has 0 aliphatic heterocycles. The Morgan fingerprint density at radius 2 is 1.88 bits per heavy atom. The van der Waals surface area contributed by atoms with Gasteiger partial charge in [-0.25, -0.2) is 4.39 Å². The predicted octanol–water partition coefficient (Wildman–Crippen LogP) is 3.97. The Hall–Kier alpha value is -1.57. The molecule has 2 rings (SSSR count). The standard InChI is InChI=1S/C14H16FN/c1-8(2)13-7-11-6-12(15)9(3)10(4)14(11)16(13)5/h6-7H,1H2,2-5H3. The van der Waals surface area contributed by atoms with E-state index in [1.807, 2.05) is 33.9 Å². The highest BCUT2D eigenvalue weighted by atomic mass is 19.1. The first kappa shape index (κ1) is 10.9. The van der Waals surface area contributed by atoms with Crippen LogP contribution in [-0.4, -0.2) is 4.57 Å². The van der Waals surface area contributed by atoms with E-state index < -0.39 is 0 Å². The lowest BCUT2D eigenvalue weighted by Gasteiger charge is -2.08. The molecule has 84 valence electrons. The highest BCUT2D eigenvalue weighted by Gasteiger charge is 2.12. The number of hydrogen-bond acceptors (Lipinski definition) is 0. The van der Waals surface area contributed by atoms with E-state index in [9.17, 15) is 4.39 Å². The van der Waals surface area contributed by atoms with E-state index in [-0.39, 0.29) is 5.82 Å². The summed E-state index contributed by atoms with van der Waals surface area (Å²) < 4.78 is 15.7. The zero-order valence-corrected chi connectivity index (χ0v) is 10.2. The van der Waals surface area contributed by atoms with E-state index in [0.29, 0.717) is 0 Å². The maximum atomic E-state index is 13.6. The Kier molecular flexibility index (Phi) is 2.38. The average molecular weight is 217 g/mol. The second-order valence-corrected chi connectivity index (χ2v) is 4.42. The van der Waals surface area contributed by atoms with Crippen molar-refractivity contribution in [2.45, 2.75) is 20.8 Å². The lowest BCUT2D eigenvalue weighted by molar-refractivity contribution is 0.619. The van der Waals surface area contributed by atoms with Crippen LogP contribution in [0.3, 0.4) is 0 Å². The predicted molar refractivity (Wildman–Crippen MR) is 67.1 cm³/mol. The second-order valence-electron chi connectivity index (χ2n) is 4.42. The molecule has 1 heterocycles. The molecule has 0 bridgehead atoms. The number of aryl methyl sites for hydroxylation is 2. The molecule has 1 aromatic heterocycles. The van der Waals surface area contributed by atoms with Crippen LogP contribution in [-0.2, 0) is 7.05 Å². The highest BCUT2D eigenvalue weighted by Crippen LogP contribution is 2.28. The third-order valence-electron chi connectivity index (χ3n) is 3.26. The topological polar surface area (TPSA) is 4.93 Å². The molecule has 1 aromatic carbocycles. The van der Waals surface area contributed by atoms with E-state index in [2.05, 4.69) is 11.1 Å². The first-order chi connectivity index (χ1) is 7.43. The molecule has 0 spiro atoms. The van der Waals surface area contributed by atoms with Gasteiger partial charge in [0.1, 0.15) is 5.82 Å². The summed E-state index contributed by atoms with van der Waals surface area (Å²) in [5.41, 5.74) is 4.88. The maximum Gasteiger partial charge on any atom is 0.127 e. The van der Waals surface area contributed by atoms with Gasteiger partial charge in [0.25, 0.3) is 0 Å². The number of aromatic nitrogens is 1. The van der Waals surface area contributed by atoms with Crippen molar-refractivity contribution < 1.29 is 4.39 Å². The van der Waals surface area contributed by atoms with Gasteiger partial charge < -0.3 is 4.57 Å². The first-order valence-electron chi connectivity index (χ1n) is 5.34. The highest BCUT2D eigenvalue weighted by molar-refractivity contribution is 5.88. The molecule has 0 aliphatic carbocycles. The molecule has 2 aromatic rings. The summed E-state index contributed by atoms with van der Waals surface area (Å²) >= 11 is 0. The number of nitrogens with zero attached hydrogens (tertiary/aromatic N) is 1. The Morgan fingerprint density at radius 1 is 1.25 bits per heavy atom. The summed E-state index contributed by atoms with van der Waals surface area (Å²) in [6.45, 7) is 9.68. The minimum atomic E-state index is -0.135. The number of rotatable bonds is 1. The summed E-state index contributed by atoms with van der Waals surface area (Å²) in [4.78, 5) is 0. The Labute approximate surface area is 95.2 Å². The Balaban J connectivity index is 2.93. The van der Waals surface area contributed by atoms with Gasteiger partial charge in [0.15, 0.2) is 0 Å². The molecular weight excluding hydrogens is 201 g/mol. The Bertz CT molecular complexity index is 591. The molecule has 16 heavy (non-hydrogen) atoms. The summed E-state index contributed by atoms with van der Waals surface area (Å²) in [6.07, 6.45) is 0. The molecule has 0 aliphatic rings. The maximum absolute atomic E-state index is 13.6. The van der Waals surface area contributed by atoms with E-state index in [0.717, 1.165) is 33.3 Å². The van der Waals surface area contributed by atoms with Gasteiger partial charge in [-0.2, -0.15) is 0 Å². The monoisotopic (exact) mass is 217 g/mol. The zero-order chi connectivity index (χ0) is 12.0. The van der Waals surface area contributed by atoms with Crippen molar-refractivity contribution in [1.29, 1.82) is 0 Å². The molecule has 0 amide bonds. The number of benzene rings is 1. The van der Waals surface area contributed by atoms with Gasteiger partial charge in [-0.3, -0.25) is 0 Å². The fourth-order valence-corrected chi connectivity index (χ4v) is 2.22. The third-order valence-corrected chi connectivity index (χ3v) is 3.26. The van der Waals surface area contributed by atoms with Gasteiger partial charge in [0.2, 0.25) is 0 Å². The smallest absolute Gasteiger partial charge is 0.127 e. The SMILES string of the molecule is C=C(C)c1cc2cc(F)c(C)c(C)c2n1C. The van der Waals surface area contributed by atoms with Crippen LogP contribution in [0, 0.1) is 19.7 Å². The van der Waals surface area contributed by atoms with Gasteiger partial charge in [0, 0.05) is 18.1 Å². The second kappa shape index (κ2) is 3.48. The van der Waals surface area contributed by atoms with Gasteiger partial charge in [0.05, 0.1) is 5.52 Å². The summed E-state index contributed by atoms with van der Waals surface area (Å²) in [6, 6.07) is 3.59. The van der Waals surface area contributed by atoms with Crippen molar-refractivity contribution in [3.63, 3.8) is 0 Å². The van der Waals surface area contributed by atoms with Gasteiger partial charge >= 0.3 is 0 Å². The fraction of sp³-hybridized carbons (Fsp3) is 0.286. The molecule has 0 N–H and O–H groups in total. The number of halogens is 1. The summed E-state index contributed by atoms with van der Waals surface area (Å²) in [5, 5.41) is 0.945. The van der Waals surface area contributed by atoms with Crippen LogP contribution in [0.25, 0.3) is 16.5 Å².